The Hall–Kier alpha value is -3.46. The van der Waals surface area contributed by atoms with Gasteiger partial charge in [-0.15, -0.1) is 0 Å². The summed E-state index contributed by atoms with van der Waals surface area (Å²) in [5, 5.41) is 0. The fourth-order valence-electron chi connectivity index (χ4n) is 5.54. The molecule has 0 amide bonds. The third-order valence-electron chi connectivity index (χ3n) is 8.24. The van der Waals surface area contributed by atoms with E-state index in [1.165, 1.54) is 4.90 Å². The Bertz CT molecular complexity index is 2240. The second-order valence-corrected chi connectivity index (χ2v) is 16.0. The number of hydrogen-bond donors (Lipinski definition) is 0. The molecule has 0 saturated carbocycles. The third kappa shape index (κ3) is 5.09. The molecular weight excluding hydrogens is 521 g/mol. The van der Waals surface area contributed by atoms with Gasteiger partial charge in [0.1, 0.15) is 11.5 Å². The smallest absolute Gasteiger partial charge is 0.256 e. The first kappa shape index (κ1) is 19.7. The molecule has 0 atom stereocenters. The van der Waals surface area contributed by atoms with Gasteiger partial charge < -0.3 is 9.64 Å². The molecule has 0 fully saturated rings. The summed E-state index contributed by atoms with van der Waals surface area (Å²) in [6, 6.07) is 1.81. The standard InChI is InChI=1S/C40H48BNO/c1-37(2,3)25-13-17-29(18-14-25)42-32-19-15-26(38(4,5)6)21-30(32)41-31-22-27(39(7,8)9)16-20-34(31)43-35-24-28(40(10,11)12)23-33(42)36(35)41/h13-24H,1-12H3/i13D,14D,15D,16D,17D,18D,19D,20D,21D,22D. The maximum Gasteiger partial charge on any atom is 0.256 e. The molecule has 2 heterocycles. The molecule has 0 spiro atoms. The minimum Gasteiger partial charge on any atom is -0.458 e. The largest absolute Gasteiger partial charge is 0.458 e. The Morgan fingerprint density at radius 2 is 1.05 bits per heavy atom. The summed E-state index contributed by atoms with van der Waals surface area (Å²) in [5.74, 6) is 0.343. The fraction of sp³-hybridized carbons (Fsp3) is 0.400. The molecular formula is C40H48BNO. The highest BCUT2D eigenvalue weighted by Crippen LogP contribution is 2.44. The summed E-state index contributed by atoms with van der Waals surface area (Å²) >= 11 is 0. The monoisotopic (exact) mass is 579 g/mol. The van der Waals surface area contributed by atoms with Crippen LogP contribution in [0.25, 0.3) is 0 Å². The highest BCUT2D eigenvalue weighted by atomic mass is 16.5. The van der Waals surface area contributed by atoms with E-state index in [-0.39, 0.29) is 94.0 Å². The van der Waals surface area contributed by atoms with Crippen LogP contribution in [0, 0.1) is 0 Å². The van der Waals surface area contributed by atoms with Crippen LogP contribution in [0.5, 0.6) is 11.5 Å². The number of benzene rings is 4. The van der Waals surface area contributed by atoms with E-state index in [4.69, 9.17) is 8.85 Å². The predicted octanol–water partition coefficient (Wildman–Crippen LogP) is 9.28. The molecule has 6 rings (SSSR count). The average Bonchev–Trinajstić information content (AvgIpc) is 2.99. The van der Waals surface area contributed by atoms with Crippen molar-refractivity contribution in [1.29, 1.82) is 0 Å². The van der Waals surface area contributed by atoms with Crippen molar-refractivity contribution in [3.63, 3.8) is 0 Å². The molecule has 222 valence electrons. The third-order valence-corrected chi connectivity index (χ3v) is 8.24. The quantitative estimate of drug-likeness (QED) is 0.180. The molecule has 0 bridgehead atoms. The van der Waals surface area contributed by atoms with Crippen molar-refractivity contribution >= 4 is 40.2 Å². The van der Waals surface area contributed by atoms with E-state index in [2.05, 4.69) is 0 Å². The fourth-order valence-corrected chi connectivity index (χ4v) is 5.54. The summed E-state index contributed by atoms with van der Waals surface area (Å²) in [7, 11) is 0. The van der Waals surface area contributed by atoms with Crippen LogP contribution in [0.2, 0.25) is 0 Å². The highest BCUT2D eigenvalue weighted by molar-refractivity contribution is 6.99. The molecule has 0 unspecified atom stereocenters. The molecule has 2 aliphatic rings. The van der Waals surface area contributed by atoms with Gasteiger partial charge in [0.05, 0.1) is 13.7 Å². The molecule has 0 saturated heterocycles. The molecule has 2 nitrogen and oxygen atoms in total. The van der Waals surface area contributed by atoms with Gasteiger partial charge in [0, 0.05) is 17.1 Å². The van der Waals surface area contributed by atoms with Crippen LogP contribution < -0.4 is 26.0 Å². The van der Waals surface area contributed by atoms with Crippen LogP contribution in [-0.2, 0) is 21.7 Å². The van der Waals surface area contributed by atoms with Crippen molar-refractivity contribution in [3.8, 4) is 11.5 Å². The number of nitrogens with zero attached hydrogens (tertiary/aromatic N) is 1. The van der Waals surface area contributed by atoms with Crippen molar-refractivity contribution in [2.24, 2.45) is 0 Å². The second-order valence-electron chi connectivity index (χ2n) is 16.0. The lowest BCUT2D eigenvalue weighted by Crippen LogP contribution is -2.60. The van der Waals surface area contributed by atoms with E-state index in [9.17, 15) is 9.60 Å². The zero-order valence-electron chi connectivity index (χ0n) is 37.6. The van der Waals surface area contributed by atoms with Crippen LogP contribution >= 0.6 is 0 Å². The molecule has 0 radical (unpaired) electrons. The molecule has 0 aromatic heterocycles. The summed E-state index contributed by atoms with van der Waals surface area (Å²) < 4.78 is 101. The Morgan fingerprint density at radius 3 is 1.60 bits per heavy atom. The number of hydrogen-bond acceptors (Lipinski definition) is 2. The summed E-state index contributed by atoms with van der Waals surface area (Å²) in [4.78, 5) is 1.51. The van der Waals surface area contributed by atoms with Gasteiger partial charge in [-0.3, -0.25) is 0 Å². The van der Waals surface area contributed by atoms with Gasteiger partial charge in [0.2, 0.25) is 0 Å². The zero-order chi connectivity index (χ0) is 40.0. The van der Waals surface area contributed by atoms with E-state index in [1.54, 1.807) is 0 Å². The molecule has 2 aliphatic heterocycles. The number of rotatable bonds is 1. The minimum absolute atomic E-state index is 0.00799. The Balaban J connectivity index is 1.93. The maximum atomic E-state index is 9.89. The first-order valence-electron chi connectivity index (χ1n) is 20.1. The summed E-state index contributed by atoms with van der Waals surface area (Å²) in [6.45, 7) is 21.8. The Labute approximate surface area is 274 Å². The van der Waals surface area contributed by atoms with E-state index in [1.807, 2.05) is 95.2 Å². The van der Waals surface area contributed by atoms with Gasteiger partial charge in [-0.2, -0.15) is 0 Å². The normalized spacial score (nSPS) is 17.9. The maximum absolute atomic E-state index is 9.89. The Morgan fingerprint density at radius 1 is 0.535 bits per heavy atom. The highest BCUT2D eigenvalue weighted by Gasteiger charge is 2.43. The van der Waals surface area contributed by atoms with Crippen molar-refractivity contribution in [3.05, 3.63) is 94.8 Å². The van der Waals surface area contributed by atoms with E-state index < -0.39 is 28.4 Å². The first-order chi connectivity index (χ1) is 24.0. The minimum atomic E-state index is -0.955. The lowest BCUT2D eigenvalue weighted by Gasteiger charge is -2.42. The summed E-state index contributed by atoms with van der Waals surface area (Å²) in [6.07, 6.45) is 0. The molecule has 0 aliphatic carbocycles. The SMILES string of the molecule is [2H]c1c([2H])c(C(C)(C)C)c([2H])c2c1Oc1cc(C(C)(C)C)cc3c1B2c1c([2H])c(C(C)(C)C)c([2H])c([2H])c1N3c1c([2H])c([2H])c(C(C)(C)C)c([2H])c1[2H]. The van der Waals surface area contributed by atoms with Crippen molar-refractivity contribution < 1.29 is 18.4 Å². The van der Waals surface area contributed by atoms with Gasteiger partial charge in [0.25, 0.3) is 6.71 Å². The lowest BCUT2D eigenvalue weighted by atomic mass is 9.33. The molecule has 4 aromatic rings. The van der Waals surface area contributed by atoms with Crippen LogP contribution in [0.3, 0.4) is 0 Å². The number of anilines is 3. The molecule has 3 heteroatoms. The second kappa shape index (κ2) is 9.52. The van der Waals surface area contributed by atoms with Crippen LogP contribution in [-0.4, -0.2) is 6.71 Å². The van der Waals surface area contributed by atoms with E-state index in [0.717, 1.165) is 5.56 Å². The molecule has 0 N–H and O–H groups in total. The molecule has 43 heavy (non-hydrogen) atoms. The van der Waals surface area contributed by atoms with Crippen LogP contribution in [0.1, 0.15) is 119 Å². The molecule has 4 aromatic carbocycles. The van der Waals surface area contributed by atoms with Crippen molar-refractivity contribution in [2.45, 2.75) is 105 Å². The van der Waals surface area contributed by atoms with E-state index >= 15 is 0 Å². The van der Waals surface area contributed by atoms with Crippen molar-refractivity contribution in [1.82, 2.24) is 0 Å². The first-order valence-corrected chi connectivity index (χ1v) is 15.1. The number of ether oxygens (including phenoxy) is 1. The van der Waals surface area contributed by atoms with Gasteiger partial charge >= 0.3 is 0 Å². The van der Waals surface area contributed by atoms with Crippen LogP contribution in [0.15, 0.2) is 72.6 Å². The zero-order valence-corrected chi connectivity index (χ0v) is 27.6. The topological polar surface area (TPSA) is 12.5 Å². The van der Waals surface area contributed by atoms with Gasteiger partial charge in [0.15, 0.2) is 0 Å². The average molecular weight is 580 g/mol. The van der Waals surface area contributed by atoms with Gasteiger partial charge in [-0.25, -0.2) is 0 Å². The number of fused-ring (bicyclic) bond motifs is 4. The summed E-state index contributed by atoms with van der Waals surface area (Å²) in [5.41, 5.74) is 0.319. The Kier molecular flexibility index (Phi) is 4.37. The van der Waals surface area contributed by atoms with Gasteiger partial charge in [-0.1, -0.05) is 119 Å². The van der Waals surface area contributed by atoms with Crippen LogP contribution in [0.4, 0.5) is 17.1 Å². The van der Waals surface area contributed by atoms with E-state index in [0.29, 0.717) is 28.0 Å². The van der Waals surface area contributed by atoms with Crippen molar-refractivity contribution in [2.75, 3.05) is 4.90 Å². The lowest BCUT2D eigenvalue weighted by molar-refractivity contribution is 0.482. The predicted molar refractivity (Wildman–Crippen MR) is 187 cm³/mol. The van der Waals surface area contributed by atoms with Gasteiger partial charge in [-0.05, 0) is 96.6 Å².